The molecule has 124 valence electrons. The van der Waals surface area contributed by atoms with E-state index in [2.05, 4.69) is 36.5 Å². The largest absolute Gasteiger partial charge is 0.493 e. The molecule has 0 aliphatic heterocycles. The summed E-state index contributed by atoms with van der Waals surface area (Å²) in [5.74, 6) is 1.29. The molecule has 4 nitrogen and oxygen atoms in total. The van der Waals surface area contributed by atoms with Crippen molar-refractivity contribution >= 4 is 22.1 Å². The lowest BCUT2D eigenvalue weighted by Crippen LogP contribution is -2.02. The molecule has 0 saturated carbocycles. The minimum atomic E-state index is 0.629. The van der Waals surface area contributed by atoms with Crippen LogP contribution in [0.4, 0.5) is 11.4 Å². The van der Waals surface area contributed by atoms with Crippen molar-refractivity contribution in [2.24, 2.45) is 0 Å². The van der Waals surface area contributed by atoms with Crippen molar-refractivity contribution in [3.63, 3.8) is 0 Å². The first-order chi connectivity index (χ1) is 11.7. The minimum Gasteiger partial charge on any atom is -0.493 e. The maximum atomic E-state index is 6.35. The summed E-state index contributed by atoms with van der Waals surface area (Å²) < 4.78 is 10.8. The number of nitrogen functional groups attached to an aromatic ring is 1. The summed E-state index contributed by atoms with van der Waals surface area (Å²) in [5.41, 5.74) is 10.1. The molecule has 0 radical (unpaired) electrons. The van der Waals surface area contributed by atoms with E-state index < -0.39 is 0 Å². The van der Waals surface area contributed by atoms with E-state index in [4.69, 9.17) is 15.2 Å². The van der Waals surface area contributed by atoms with Gasteiger partial charge in [0.05, 0.1) is 14.2 Å². The molecule has 4 heteroatoms. The van der Waals surface area contributed by atoms with Crippen LogP contribution >= 0.6 is 0 Å². The van der Waals surface area contributed by atoms with Gasteiger partial charge >= 0.3 is 0 Å². The number of nitrogens with two attached hydrogens (primary N) is 1. The normalized spacial score (nSPS) is 10.6. The lowest BCUT2D eigenvalue weighted by molar-refractivity contribution is 0.355. The molecule has 3 aromatic rings. The summed E-state index contributed by atoms with van der Waals surface area (Å²) in [6, 6.07) is 16.3. The SMILES string of the molecule is CCNc1ccc2ccccc2c1-c1cc(OC)c(OC)cc1N. The van der Waals surface area contributed by atoms with Gasteiger partial charge in [-0.25, -0.2) is 0 Å². The van der Waals surface area contributed by atoms with Gasteiger partial charge in [0, 0.05) is 35.1 Å². The average molecular weight is 322 g/mol. The molecule has 24 heavy (non-hydrogen) atoms. The zero-order valence-electron chi connectivity index (χ0n) is 14.2. The Labute approximate surface area is 142 Å². The van der Waals surface area contributed by atoms with Crippen LogP contribution in [0.15, 0.2) is 48.5 Å². The Morgan fingerprint density at radius 3 is 2.38 bits per heavy atom. The van der Waals surface area contributed by atoms with E-state index in [0.717, 1.165) is 28.7 Å². The fraction of sp³-hybridized carbons (Fsp3) is 0.200. The molecule has 0 saturated heterocycles. The van der Waals surface area contributed by atoms with Crippen molar-refractivity contribution < 1.29 is 9.47 Å². The Bertz CT molecular complexity index is 875. The van der Waals surface area contributed by atoms with E-state index in [-0.39, 0.29) is 0 Å². The van der Waals surface area contributed by atoms with E-state index >= 15 is 0 Å². The fourth-order valence-corrected chi connectivity index (χ4v) is 3.01. The highest BCUT2D eigenvalue weighted by Gasteiger charge is 2.16. The standard InChI is InChI=1S/C20H22N2O2/c1-4-22-17-10-9-13-7-5-6-8-14(13)20(17)15-11-18(23-2)19(24-3)12-16(15)21/h5-12,22H,4,21H2,1-3H3. The van der Waals surface area contributed by atoms with Gasteiger partial charge in [0.2, 0.25) is 0 Å². The van der Waals surface area contributed by atoms with E-state index in [0.29, 0.717) is 17.2 Å². The van der Waals surface area contributed by atoms with Gasteiger partial charge in [-0.3, -0.25) is 0 Å². The van der Waals surface area contributed by atoms with Crippen molar-refractivity contribution in [3.05, 3.63) is 48.5 Å². The van der Waals surface area contributed by atoms with E-state index in [1.54, 1.807) is 14.2 Å². The molecule has 0 heterocycles. The van der Waals surface area contributed by atoms with E-state index in [1.807, 2.05) is 24.3 Å². The first kappa shape index (κ1) is 16.0. The molecular weight excluding hydrogens is 300 g/mol. The molecule has 0 aliphatic carbocycles. The molecule has 0 fully saturated rings. The number of hydrogen-bond acceptors (Lipinski definition) is 4. The number of ether oxygens (including phenoxy) is 2. The highest BCUT2D eigenvalue weighted by atomic mass is 16.5. The Hall–Kier alpha value is -2.88. The lowest BCUT2D eigenvalue weighted by atomic mass is 9.94. The van der Waals surface area contributed by atoms with Crippen molar-refractivity contribution in [1.29, 1.82) is 0 Å². The number of anilines is 2. The van der Waals surface area contributed by atoms with Crippen LogP contribution in [-0.4, -0.2) is 20.8 Å². The second kappa shape index (κ2) is 6.71. The van der Waals surface area contributed by atoms with Gasteiger partial charge < -0.3 is 20.5 Å². The molecule has 0 atom stereocenters. The van der Waals surface area contributed by atoms with Crippen LogP contribution in [0.1, 0.15) is 6.92 Å². The van der Waals surface area contributed by atoms with Crippen LogP contribution in [0.3, 0.4) is 0 Å². The number of benzene rings is 3. The Morgan fingerprint density at radius 1 is 0.958 bits per heavy atom. The Morgan fingerprint density at radius 2 is 1.67 bits per heavy atom. The maximum Gasteiger partial charge on any atom is 0.162 e. The molecule has 0 bridgehead atoms. The first-order valence-corrected chi connectivity index (χ1v) is 7.97. The molecule has 0 unspecified atom stereocenters. The minimum absolute atomic E-state index is 0.629. The summed E-state index contributed by atoms with van der Waals surface area (Å²) >= 11 is 0. The molecule has 3 rings (SSSR count). The zero-order valence-corrected chi connectivity index (χ0v) is 14.2. The first-order valence-electron chi connectivity index (χ1n) is 7.97. The maximum absolute atomic E-state index is 6.35. The third-order valence-corrected chi connectivity index (χ3v) is 4.12. The number of nitrogens with one attached hydrogen (secondary N) is 1. The van der Waals surface area contributed by atoms with Crippen LogP contribution in [0.2, 0.25) is 0 Å². The second-order valence-corrected chi connectivity index (χ2v) is 5.53. The Balaban J connectivity index is 2.34. The summed E-state index contributed by atoms with van der Waals surface area (Å²) in [6.45, 7) is 2.91. The van der Waals surface area contributed by atoms with Crippen LogP contribution in [-0.2, 0) is 0 Å². The topological polar surface area (TPSA) is 56.5 Å². The quantitative estimate of drug-likeness (QED) is 0.677. The summed E-state index contributed by atoms with van der Waals surface area (Å²) in [5, 5.41) is 5.75. The van der Waals surface area contributed by atoms with Gasteiger partial charge in [0.15, 0.2) is 11.5 Å². The van der Waals surface area contributed by atoms with E-state index in [9.17, 15) is 0 Å². The number of fused-ring (bicyclic) bond motifs is 1. The molecule has 3 N–H and O–H groups in total. The van der Waals surface area contributed by atoms with Crippen LogP contribution in [0.25, 0.3) is 21.9 Å². The summed E-state index contributed by atoms with van der Waals surface area (Å²) in [6.07, 6.45) is 0. The van der Waals surface area contributed by atoms with Crippen LogP contribution in [0.5, 0.6) is 11.5 Å². The summed E-state index contributed by atoms with van der Waals surface area (Å²) in [4.78, 5) is 0. The van der Waals surface area contributed by atoms with Crippen molar-refractivity contribution in [1.82, 2.24) is 0 Å². The van der Waals surface area contributed by atoms with Gasteiger partial charge in [0.1, 0.15) is 0 Å². The van der Waals surface area contributed by atoms with Crippen molar-refractivity contribution in [3.8, 4) is 22.6 Å². The zero-order chi connectivity index (χ0) is 17.1. The molecular formula is C20H22N2O2. The second-order valence-electron chi connectivity index (χ2n) is 5.53. The van der Waals surface area contributed by atoms with Crippen molar-refractivity contribution in [2.45, 2.75) is 6.92 Å². The Kier molecular flexibility index (Phi) is 4.47. The van der Waals surface area contributed by atoms with Gasteiger partial charge in [-0.05, 0) is 29.8 Å². The third kappa shape index (κ3) is 2.71. The van der Waals surface area contributed by atoms with Gasteiger partial charge in [-0.2, -0.15) is 0 Å². The highest BCUT2D eigenvalue weighted by molar-refractivity contribution is 6.05. The van der Waals surface area contributed by atoms with E-state index in [1.165, 1.54) is 5.39 Å². The molecule has 3 aromatic carbocycles. The molecule has 0 amide bonds. The third-order valence-electron chi connectivity index (χ3n) is 4.12. The monoisotopic (exact) mass is 322 g/mol. The van der Waals surface area contributed by atoms with Gasteiger partial charge in [-0.1, -0.05) is 30.3 Å². The summed E-state index contributed by atoms with van der Waals surface area (Å²) in [7, 11) is 3.24. The number of rotatable bonds is 5. The lowest BCUT2D eigenvalue weighted by Gasteiger charge is -2.18. The number of methoxy groups -OCH3 is 2. The fourth-order valence-electron chi connectivity index (χ4n) is 3.01. The van der Waals surface area contributed by atoms with Gasteiger partial charge in [-0.15, -0.1) is 0 Å². The highest BCUT2D eigenvalue weighted by Crippen LogP contribution is 2.43. The molecule has 0 aliphatic rings. The molecule has 0 spiro atoms. The number of hydrogen-bond donors (Lipinski definition) is 2. The molecule has 0 aromatic heterocycles. The van der Waals surface area contributed by atoms with Crippen LogP contribution in [0, 0.1) is 0 Å². The van der Waals surface area contributed by atoms with Crippen LogP contribution < -0.4 is 20.5 Å². The predicted octanol–water partition coefficient (Wildman–Crippen LogP) is 4.54. The smallest absolute Gasteiger partial charge is 0.162 e. The average Bonchev–Trinajstić information content (AvgIpc) is 2.62. The predicted molar refractivity (Wildman–Crippen MR) is 101 cm³/mol. The van der Waals surface area contributed by atoms with Crippen molar-refractivity contribution in [2.75, 3.05) is 31.8 Å². The van der Waals surface area contributed by atoms with Gasteiger partial charge in [0.25, 0.3) is 0 Å².